The molecular weight excluding hydrogens is 328 g/mol. The van der Waals surface area contributed by atoms with Crippen molar-refractivity contribution >= 4 is 11.9 Å². The fourth-order valence-electron chi connectivity index (χ4n) is 1.62. The Morgan fingerprint density at radius 3 is 1.23 bits per heavy atom. The van der Waals surface area contributed by atoms with Crippen molar-refractivity contribution in [1.29, 1.82) is 0 Å². The maximum absolute atomic E-state index is 10.7. The summed E-state index contributed by atoms with van der Waals surface area (Å²) in [4.78, 5) is 21.3. The number of carbonyl (C=O) groups is 2. The highest BCUT2D eigenvalue weighted by Crippen LogP contribution is 2.01. The zero-order valence-electron chi connectivity index (χ0n) is 15.3. The van der Waals surface area contributed by atoms with Gasteiger partial charge in [0.15, 0.2) is 0 Å². The average molecular weight is 348 g/mol. The van der Waals surface area contributed by atoms with Crippen LogP contribution >= 0.6 is 0 Å². The molecule has 0 radical (unpaired) electrons. The number of ether oxygens (including phenoxy) is 2. The number of carbonyl (C=O) groups excluding carboxylic acids is 2. The van der Waals surface area contributed by atoms with Gasteiger partial charge >= 0.3 is 11.9 Å². The van der Waals surface area contributed by atoms with Crippen molar-refractivity contribution in [2.45, 2.75) is 13.8 Å². The lowest BCUT2D eigenvalue weighted by Gasteiger charge is -1.91. The second kappa shape index (κ2) is 11.1. The molecule has 0 heterocycles. The van der Waals surface area contributed by atoms with E-state index in [-0.39, 0.29) is 0 Å². The minimum atomic E-state index is -0.513. The Morgan fingerprint density at radius 1 is 0.654 bits per heavy atom. The van der Waals surface area contributed by atoms with Gasteiger partial charge in [0, 0.05) is 23.0 Å². The summed E-state index contributed by atoms with van der Waals surface area (Å²) >= 11 is 0. The molecule has 132 valence electrons. The maximum atomic E-state index is 10.7. The quantitative estimate of drug-likeness (QED) is 0.542. The number of benzene rings is 2. The first kappa shape index (κ1) is 20.5. The minimum Gasteiger partial charge on any atom is -0.459 e. The molecule has 26 heavy (non-hydrogen) atoms. The second-order valence-electron chi connectivity index (χ2n) is 5.22. The summed E-state index contributed by atoms with van der Waals surface area (Å²) < 4.78 is 8.77. The van der Waals surface area contributed by atoms with Crippen molar-refractivity contribution < 1.29 is 19.1 Å². The van der Waals surface area contributed by atoms with Gasteiger partial charge in [0.25, 0.3) is 0 Å². The van der Waals surface area contributed by atoms with Crippen LogP contribution in [0.3, 0.4) is 0 Å². The standard InChI is InChI=1S/2C11H10O2/c2*1-9-3-5-10(6-4-9)7-8-11(12)13-2/h2*3-6H,1-2H3. The molecule has 0 N–H and O–H groups in total. The first-order valence-electron chi connectivity index (χ1n) is 7.78. The van der Waals surface area contributed by atoms with Gasteiger partial charge in [-0.3, -0.25) is 0 Å². The van der Waals surface area contributed by atoms with Crippen LogP contribution in [0.2, 0.25) is 0 Å². The molecule has 0 aliphatic heterocycles. The molecule has 2 aromatic rings. The topological polar surface area (TPSA) is 52.6 Å². The molecule has 2 rings (SSSR count). The average Bonchev–Trinajstić information content (AvgIpc) is 2.67. The number of methoxy groups -OCH3 is 2. The number of esters is 2. The molecule has 0 bridgehead atoms. The molecule has 2 aromatic carbocycles. The predicted molar refractivity (Wildman–Crippen MR) is 100 cm³/mol. The van der Waals surface area contributed by atoms with E-state index in [9.17, 15) is 9.59 Å². The van der Waals surface area contributed by atoms with Gasteiger partial charge in [-0.1, -0.05) is 47.2 Å². The second-order valence-corrected chi connectivity index (χ2v) is 5.22. The molecule has 0 spiro atoms. The monoisotopic (exact) mass is 348 g/mol. The summed E-state index contributed by atoms with van der Waals surface area (Å²) in [6.07, 6.45) is 0. The van der Waals surface area contributed by atoms with Crippen LogP contribution in [0.5, 0.6) is 0 Å². The van der Waals surface area contributed by atoms with E-state index in [1.54, 1.807) is 0 Å². The molecule has 0 aliphatic carbocycles. The van der Waals surface area contributed by atoms with Gasteiger partial charge in [0.2, 0.25) is 0 Å². The van der Waals surface area contributed by atoms with E-state index >= 15 is 0 Å². The Morgan fingerprint density at radius 2 is 0.962 bits per heavy atom. The van der Waals surface area contributed by atoms with Crippen molar-refractivity contribution in [1.82, 2.24) is 0 Å². The number of aryl methyl sites for hydroxylation is 2. The van der Waals surface area contributed by atoms with Gasteiger partial charge in [0.1, 0.15) is 0 Å². The summed E-state index contributed by atoms with van der Waals surface area (Å²) in [5, 5.41) is 0. The molecule has 0 unspecified atom stereocenters. The molecule has 4 nitrogen and oxygen atoms in total. The van der Waals surface area contributed by atoms with E-state index in [1.165, 1.54) is 25.3 Å². The van der Waals surface area contributed by atoms with Crippen molar-refractivity contribution in [2.75, 3.05) is 14.2 Å². The molecule has 0 aliphatic rings. The minimum absolute atomic E-state index is 0.513. The molecule has 0 fully saturated rings. The fourth-order valence-corrected chi connectivity index (χ4v) is 1.62. The third-order valence-electron chi connectivity index (χ3n) is 3.09. The van der Waals surface area contributed by atoms with Gasteiger partial charge in [-0.05, 0) is 38.1 Å². The van der Waals surface area contributed by atoms with Crippen molar-refractivity contribution in [3.05, 3.63) is 70.8 Å². The summed E-state index contributed by atoms with van der Waals surface area (Å²) in [6.45, 7) is 4.00. The summed E-state index contributed by atoms with van der Waals surface area (Å²) in [5.41, 5.74) is 3.97. The Bertz CT molecular complexity index is 779. The van der Waals surface area contributed by atoms with Crippen molar-refractivity contribution in [2.24, 2.45) is 0 Å². The van der Waals surface area contributed by atoms with Crippen molar-refractivity contribution in [3.63, 3.8) is 0 Å². The zero-order chi connectivity index (χ0) is 19.4. The first-order chi connectivity index (χ1) is 12.4. The van der Waals surface area contributed by atoms with Gasteiger partial charge in [-0.25, -0.2) is 9.59 Å². The van der Waals surface area contributed by atoms with Crippen LogP contribution in [0.25, 0.3) is 0 Å². The van der Waals surface area contributed by atoms with Gasteiger partial charge in [-0.2, -0.15) is 0 Å². The molecular formula is C22H20O4. The van der Waals surface area contributed by atoms with Crippen LogP contribution in [-0.4, -0.2) is 26.2 Å². The number of hydrogen-bond acceptors (Lipinski definition) is 4. The zero-order valence-corrected chi connectivity index (χ0v) is 15.3. The fraction of sp³-hybridized carbons (Fsp3) is 0.182. The highest BCUT2D eigenvalue weighted by Gasteiger charge is 1.91. The Labute approximate surface area is 154 Å². The van der Waals surface area contributed by atoms with E-state index in [4.69, 9.17) is 0 Å². The van der Waals surface area contributed by atoms with E-state index in [2.05, 4.69) is 33.2 Å². The molecule has 0 saturated carbocycles. The van der Waals surface area contributed by atoms with E-state index < -0.39 is 11.9 Å². The number of rotatable bonds is 0. The van der Waals surface area contributed by atoms with Crippen LogP contribution in [-0.2, 0) is 19.1 Å². The van der Waals surface area contributed by atoms with E-state index in [0.29, 0.717) is 0 Å². The Kier molecular flexibility index (Phi) is 8.79. The molecule has 0 saturated heterocycles. The van der Waals surface area contributed by atoms with Crippen LogP contribution in [0.15, 0.2) is 48.5 Å². The largest absolute Gasteiger partial charge is 0.459 e. The maximum Gasteiger partial charge on any atom is 0.384 e. The normalized spacial score (nSPS) is 8.46. The van der Waals surface area contributed by atoms with Crippen molar-refractivity contribution in [3.8, 4) is 23.7 Å². The summed E-state index contributed by atoms with van der Waals surface area (Å²) in [6, 6.07) is 15.2. The summed E-state index contributed by atoms with van der Waals surface area (Å²) in [5.74, 6) is 9.08. The van der Waals surface area contributed by atoms with E-state index in [0.717, 1.165) is 11.1 Å². The molecule has 4 heteroatoms. The number of hydrogen-bond donors (Lipinski definition) is 0. The van der Waals surface area contributed by atoms with Gasteiger partial charge in [0.05, 0.1) is 14.2 Å². The SMILES string of the molecule is COC(=O)C#Cc1ccc(C)cc1.COC(=O)C#Cc1ccc(C)cc1. The van der Waals surface area contributed by atoms with Crippen LogP contribution < -0.4 is 0 Å². The lowest BCUT2D eigenvalue weighted by Crippen LogP contribution is -1.94. The Balaban J connectivity index is 0.000000260. The van der Waals surface area contributed by atoms with Gasteiger partial charge in [-0.15, -0.1) is 0 Å². The molecule has 0 atom stereocenters. The third kappa shape index (κ3) is 8.38. The van der Waals surface area contributed by atoms with Gasteiger partial charge < -0.3 is 9.47 Å². The van der Waals surface area contributed by atoms with E-state index in [1.807, 2.05) is 62.4 Å². The highest BCUT2D eigenvalue weighted by molar-refractivity contribution is 5.89. The van der Waals surface area contributed by atoms with Crippen LogP contribution in [0.4, 0.5) is 0 Å². The van der Waals surface area contributed by atoms with Crippen LogP contribution in [0.1, 0.15) is 22.3 Å². The lowest BCUT2D eigenvalue weighted by molar-refractivity contribution is -0.134. The smallest absolute Gasteiger partial charge is 0.384 e. The third-order valence-corrected chi connectivity index (χ3v) is 3.09. The summed E-state index contributed by atoms with van der Waals surface area (Å²) in [7, 11) is 2.62. The molecule has 0 amide bonds. The van der Waals surface area contributed by atoms with Crippen LogP contribution in [0, 0.1) is 37.5 Å². The lowest BCUT2D eigenvalue weighted by atomic mass is 10.2. The first-order valence-corrected chi connectivity index (χ1v) is 7.78. The highest BCUT2D eigenvalue weighted by atomic mass is 16.5. The predicted octanol–water partition coefficient (Wildman–Crippen LogP) is 3.04. The Hall–Kier alpha value is -3.50. The molecule has 0 aromatic heterocycles.